The highest BCUT2D eigenvalue weighted by Crippen LogP contribution is 2.20. The van der Waals surface area contributed by atoms with Crippen molar-refractivity contribution < 1.29 is 9.53 Å². The molecule has 10 heteroatoms. The van der Waals surface area contributed by atoms with E-state index in [0.717, 1.165) is 48.3 Å². The van der Waals surface area contributed by atoms with Gasteiger partial charge in [0.2, 0.25) is 11.0 Å². The summed E-state index contributed by atoms with van der Waals surface area (Å²) in [5, 5.41) is 12.0. The minimum absolute atomic E-state index is 0.0763. The zero-order chi connectivity index (χ0) is 18.5. The van der Waals surface area contributed by atoms with Crippen molar-refractivity contribution in [2.45, 2.75) is 20.5 Å². The SMILES string of the molecule is COCc1nnc(NC(=O)CN2CCN(c3ncnc(C)c3C)CC2)s1. The Morgan fingerprint density at radius 2 is 2.00 bits per heavy atom. The maximum atomic E-state index is 12.2. The van der Waals surface area contributed by atoms with E-state index in [1.165, 1.54) is 11.3 Å². The molecule has 1 N–H and O–H groups in total. The molecule has 3 rings (SSSR count). The van der Waals surface area contributed by atoms with Crippen LogP contribution < -0.4 is 10.2 Å². The van der Waals surface area contributed by atoms with Crippen LogP contribution in [0.3, 0.4) is 0 Å². The number of carbonyl (C=O) groups is 1. The number of methoxy groups -OCH3 is 1. The average molecular weight is 377 g/mol. The lowest BCUT2D eigenvalue weighted by Crippen LogP contribution is -2.49. The largest absolute Gasteiger partial charge is 0.377 e. The molecule has 26 heavy (non-hydrogen) atoms. The summed E-state index contributed by atoms with van der Waals surface area (Å²) in [6, 6.07) is 0. The van der Waals surface area contributed by atoms with Gasteiger partial charge in [-0.05, 0) is 13.8 Å². The Hall–Kier alpha value is -2.17. The van der Waals surface area contributed by atoms with Crippen molar-refractivity contribution in [1.82, 2.24) is 25.1 Å². The van der Waals surface area contributed by atoms with Crippen LogP contribution >= 0.6 is 11.3 Å². The molecule has 3 heterocycles. The van der Waals surface area contributed by atoms with Gasteiger partial charge in [-0.15, -0.1) is 10.2 Å². The molecule has 0 bridgehead atoms. The number of rotatable bonds is 6. The molecule has 0 spiro atoms. The third-order valence-electron chi connectivity index (χ3n) is 4.33. The van der Waals surface area contributed by atoms with E-state index in [1.807, 2.05) is 13.8 Å². The van der Waals surface area contributed by atoms with Gasteiger partial charge in [0, 0.05) is 44.5 Å². The summed E-state index contributed by atoms with van der Waals surface area (Å²) in [4.78, 5) is 25.2. The lowest BCUT2D eigenvalue weighted by Gasteiger charge is -2.35. The minimum atomic E-state index is -0.0763. The molecule has 1 aliphatic heterocycles. The van der Waals surface area contributed by atoms with Gasteiger partial charge in [0.1, 0.15) is 23.8 Å². The Morgan fingerprint density at radius 1 is 1.23 bits per heavy atom. The molecule has 1 saturated heterocycles. The fourth-order valence-electron chi connectivity index (χ4n) is 2.81. The number of nitrogens with zero attached hydrogens (tertiary/aromatic N) is 6. The number of carbonyl (C=O) groups excluding carboxylic acids is 1. The van der Waals surface area contributed by atoms with Gasteiger partial charge in [-0.3, -0.25) is 15.0 Å². The molecular formula is C16H23N7O2S. The van der Waals surface area contributed by atoms with E-state index in [1.54, 1.807) is 13.4 Å². The number of aryl methyl sites for hydroxylation is 1. The zero-order valence-electron chi connectivity index (χ0n) is 15.2. The van der Waals surface area contributed by atoms with Crippen molar-refractivity contribution in [1.29, 1.82) is 0 Å². The summed E-state index contributed by atoms with van der Waals surface area (Å²) < 4.78 is 5.00. The number of hydrogen-bond donors (Lipinski definition) is 1. The molecule has 2 aromatic rings. The van der Waals surface area contributed by atoms with Crippen molar-refractivity contribution in [3.8, 4) is 0 Å². The third-order valence-corrected chi connectivity index (χ3v) is 5.14. The van der Waals surface area contributed by atoms with Crippen LogP contribution in [0.2, 0.25) is 0 Å². The number of anilines is 2. The van der Waals surface area contributed by atoms with Crippen LogP contribution in [-0.4, -0.2) is 70.8 Å². The van der Waals surface area contributed by atoms with E-state index in [4.69, 9.17) is 4.74 Å². The predicted molar refractivity (Wildman–Crippen MR) is 99.4 cm³/mol. The fraction of sp³-hybridized carbons (Fsp3) is 0.562. The molecule has 9 nitrogen and oxygen atoms in total. The van der Waals surface area contributed by atoms with Crippen molar-refractivity contribution in [3.05, 3.63) is 22.6 Å². The highest BCUT2D eigenvalue weighted by Gasteiger charge is 2.22. The highest BCUT2D eigenvalue weighted by molar-refractivity contribution is 7.15. The molecule has 1 amide bonds. The molecule has 0 saturated carbocycles. The van der Waals surface area contributed by atoms with Crippen LogP contribution in [-0.2, 0) is 16.1 Å². The first-order chi connectivity index (χ1) is 12.6. The van der Waals surface area contributed by atoms with E-state index < -0.39 is 0 Å². The zero-order valence-corrected chi connectivity index (χ0v) is 16.0. The van der Waals surface area contributed by atoms with Gasteiger partial charge in [0.15, 0.2) is 0 Å². The average Bonchev–Trinajstić information content (AvgIpc) is 3.05. The maximum Gasteiger partial charge on any atom is 0.240 e. The summed E-state index contributed by atoms with van der Waals surface area (Å²) in [5.74, 6) is 0.911. The molecule has 0 aromatic carbocycles. The number of hydrogen-bond acceptors (Lipinski definition) is 9. The van der Waals surface area contributed by atoms with Gasteiger partial charge in [0.25, 0.3) is 0 Å². The summed E-state index contributed by atoms with van der Waals surface area (Å²) in [5.41, 5.74) is 2.11. The molecular weight excluding hydrogens is 354 g/mol. The first-order valence-corrected chi connectivity index (χ1v) is 9.25. The van der Waals surface area contributed by atoms with E-state index >= 15 is 0 Å². The van der Waals surface area contributed by atoms with Gasteiger partial charge in [-0.2, -0.15) is 0 Å². The summed E-state index contributed by atoms with van der Waals surface area (Å²) in [6.45, 7) is 8.06. The van der Waals surface area contributed by atoms with Gasteiger partial charge >= 0.3 is 0 Å². The molecule has 140 valence electrons. The van der Waals surface area contributed by atoms with Crippen LogP contribution in [0, 0.1) is 13.8 Å². The van der Waals surface area contributed by atoms with Crippen LogP contribution in [0.5, 0.6) is 0 Å². The van der Waals surface area contributed by atoms with Crippen molar-refractivity contribution >= 4 is 28.2 Å². The Labute approximate surface area is 156 Å². The van der Waals surface area contributed by atoms with Crippen molar-refractivity contribution in [2.75, 3.05) is 50.1 Å². The molecule has 0 unspecified atom stereocenters. The fourth-order valence-corrected chi connectivity index (χ4v) is 3.54. The van der Waals surface area contributed by atoms with Crippen molar-refractivity contribution in [2.24, 2.45) is 0 Å². The molecule has 0 radical (unpaired) electrons. The van der Waals surface area contributed by atoms with Crippen LogP contribution in [0.25, 0.3) is 0 Å². The molecule has 0 atom stereocenters. The van der Waals surface area contributed by atoms with Crippen LogP contribution in [0.15, 0.2) is 6.33 Å². The van der Waals surface area contributed by atoms with Gasteiger partial charge in [-0.25, -0.2) is 9.97 Å². The Kier molecular flexibility index (Phi) is 6.07. The minimum Gasteiger partial charge on any atom is -0.377 e. The Morgan fingerprint density at radius 3 is 2.73 bits per heavy atom. The number of nitrogens with one attached hydrogen (secondary N) is 1. The van der Waals surface area contributed by atoms with E-state index in [0.29, 0.717) is 18.3 Å². The third kappa shape index (κ3) is 4.51. The number of amides is 1. The molecule has 2 aromatic heterocycles. The quantitative estimate of drug-likeness (QED) is 0.792. The van der Waals surface area contributed by atoms with E-state index in [9.17, 15) is 4.79 Å². The van der Waals surface area contributed by atoms with E-state index in [2.05, 4.69) is 35.3 Å². The second kappa shape index (κ2) is 8.47. The van der Waals surface area contributed by atoms with E-state index in [-0.39, 0.29) is 5.91 Å². The normalized spacial score (nSPS) is 15.3. The Bertz CT molecular complexity index is 759. The predicted octanol–water partition coefficient (Wildman–Crippen LogP) is 0.852. The lowest BCUT2D eigenvalue weighted by molar-refractivity contribution is -0.117. The second-order valence-electron chi connectivity index (χ2n) is 6.15. The number of ether oxygens (including phenoxy) is 1. The van der Waals surface area contributed by atoms with Crippen molar-refractivity contribution in [3.63, 3.8) is 0 Å². The lowest BCUT2D eigenvalue weighted by atomic mass is 10.2. The molecule has 0 aliphatic carbocycles. The standard InChI is InChI=1S/C16H23N7O2S/c1-11-12(2)17-10-18-15(11)23-6-4-22(5-7-23)8-13(24)19-16-21-20-14(26-16)9-25-3/h10H,4-9H2,1-3H3,(H,19,21,24). The number of aromatic nitrogens is 4. The maximum absolute atomic E-state index is 12.2. The smallest absolute Gasteiger partial charge is 0.240 e. The highest BCUT2D eigenvalue weighted by atomic mass is 32.1. The summed E-state index contributed by atoms with van der Waals surface area (Å²) in [7, 11) is 1.60. The van der Waals surface area contributed by atoms with Crippen LogP contribution in [0.1, 0.15) is 16.3 Å². The monoisotopic (exact) mass is 377 g/mol. The molecule has 1 aliphatic rings. The first kappa shape index (κ1) is 18.6. The van der Waals surface area contributed by atoms with Crippen LogP contribution in [0.4, 0.5) is 10.9 Å². The van der Waals surface area contributed by atoms with Gasteiger partial charge in [-0.1, -0.05) is 11.3 Å². The first-order valence-electron chi connectivity index (χ1n) is 8.43. The van der Waals surface area contributed by atoms with Gasteiger partial charge < -0.3 is 9.64 Å². The van der Waals surface area contributed by atoms with Gasteiger partial charge in [0.05, 0.1) is 6.54 Å². The topological polar surface area (TPSA) is 96.4 Å². The summed E-state index contributed by atoms with van der Waals surface area (Å²) in [6.07, 6.45) is 1.61. The number of piperazine rings is 1. The second-order valence-corrected chi connectivity index (χ2v) is 7.22. The Balaban J connectivity index is 1.48. The summed E-state index contributed by atoms with van der Waals surface area (Å²) >= 11 is 1.33. The molecule has 1 fully saturated rings.